The Morgan fingerprint density at radius 3 is 2.68 bits per heavy atom. The van der Waals surface area contributed by atoms with E-state index in [0.29, 0.717) is 11.1 Å². The molecule has 122 valence electrons. The van der Waals surface area contributed by atoms with Gasteiger partial charge < -0.3 is 15.0 Å². The van der Waals surface area contributed by atoms with Crippen molar-refractivity contribution in [3.05, 3.63) is 29.3 Å². The van der Waals surface area contributed by atoms with E-state index >= 15 is 0 Å². The van der Waals surface area contributed by atoms with Crippen LogP contribution in [0.1, 0.15) is 33.1 Å². The van der Waals surface area contributed by atoms with Crippen LogP contribution >= 0.6 is 11.6 Å². The number of hydrogen-bond acceptors (Lipinski definition) is 3. The number of carbonyl (C=O) groups excluding carboxylic acids is 1. The van der Waals surface area contributed by atoms with Crippen molar-refractivity contribution in [3.8, 4) is 5.75 Å². The molecule has 0 aromatic heterocycles. The monoisotopic (exact) mass is 324 g/mol. The lowest BCUT2D eigenvalue weighted by atomic mass is 10.0. The molecule has 1 atom stereocenters. The maximum absolute atomic E-state index is 11.3. The Labute approximate surface area is 137 Å². The number of hydrogen-bond donors (Lipinski definition) is 1. The van der Waals surface area contributed by atoms with Crippen LogP contribution in [0.3, 0.4) is 0 Å². The highest BCUT2D eigenvalue weighted by molar-refractivity contribution is 6.32. The van der Waals surface area contributed by atoms with Crippen molar-refractivity contribution in [1.82, 2.24) is 10.2 Å². The quantitative estimate of drug-likeness (QED) is 0.874. The summed E-state index contributed by atoms with van der Waals surface area (Å²) in [4.78, 5) is 13.2. The van der Waals surface area contributed by atoms with Crippen LogP contribution in [0.4, 0.5) is 0 Å². The normalized spacial score (nSPS) is 17.3. The van der Waals surface area contributed by atoms with E-state index in [1.54, 1.807) is 6.92 Å². The SMILES string of the molecule is CC[C@@H](CNC1CCN(C(C)=O)CC1)Oc1ccccc1Cl. The van der Waals surface area contributed by atoms with Gasteiger partial charge in [-0.3, -0.25) is 4.79 Å². The number of benzene rings is 1. The van der Waals surface area contributed by atoms with Gasteiger partial charge >= 0.3 is 0 Å². The van der Waals surface area contributed by atoms with Crippen molar-refractivity contribution < 1.29 is 9.53 Å². The van der Waals surface area contributed by atoms with E-state index in [0.717, 1.165) is 44.6 Å². The van der Waals surface area contributed by atoms with Crippen LogP contribution in [-0.2, 0) is 4.79 Å². The smallest absolute Gasteiger partial charge is 0.219 e. The second-order valence-corrected chi connectivity index (χ2v) is 6.17. The van der Waals surface area contributed by atoms with E-state index in [1.165, 1.54) is 0 Å². The summed E-state index contributed by atoms with van der Waals surface area (Å²) in [6.45, 7) is 6.23. The Kier molecular flexibility index (Phi) is 6.52. The molecule has 22 heavy (non-hydrogen) atoms. The van der Waals surface area contributed by atoms with Crippen molar-refractivity contribution in [2.75, 3.05) is 19.6 Å². The number of amides is 1. The highest BCUT2D eigenvalue weighted by Crippen LogP contribution is 2.24. The Balaban J connectivity index is 1.77. The Morgan fingerprint density at radius 2 is 2.09 bits per heavy atom. The van der Waals surface area contributed by atoms with Gasteiger partial charge in [0.15, 0.2) is 0 Å². The molecule has 1 aromatic rings. The van der Waals surface area contributed by atoms with Gasteiger partial charge in [-0.2, -0.15) is 0 Å². The molecule has 1 aliphatic heterocycles. The number of rotatable bonds is 6. The largest absolute Gasteiger partial charge is 0.488 e. The predicted molar refractivity (Wildman–Crippen MR) is 89.4 cm³/mol. The number of ether oxygens (including phenoxy) is 1. The van der Waals surface area contributed by atoms with Crippen molar-refractivity contribution >= 4 is 17.5 Å². The van der Waals surface area contributed by atoms with E-state index in [-0.39, 0.29) is 12.0 Å². The third-order valence-corrected chi connectivity index (χ3v) is 4.47. The Morgan fingerprint density at radius 1 is 1.41 bits per heavy atom. The van der Waals surface area contributed by atoms with Crippen molar-refractivity contribution in [3.63, 3.8) is 0 Å². The molecule has 1 aliphatic rings. The molecule has 1 saturated heterocycles. The van der Waals surface area contributed by atoms with E-state index in [2.05, 4.69) is 12.2 Å². The average molecular weight is 325 g/mol. The van der Waals surface area contributed by atoms with Gasteiger partial charge in [-0.05, 0) is 31.4 Å². The molecule has 1 amide bonds. The van der Waals surface area contributed by atoms with Crippen LogP contribution in [0, 0.1) is 0 Å². The molecule has 0 aliphatic carbocycles. The van der Waals surface area contributed by atoms with Crippen LogP contribution in [0.5, 0.6) is 5.75 Å². The lowest BCUT2D eigenvalue weighted by molar-refractivity contribution is -0.129. The van der Waals surface area contributed by atoms with Crippen LogP contribution in [0.15, 0.2) is 24.3 Å². The summed E-state index contributed by atoms with van der Waals surface area (Å²) in [5, 5.41) is 4.21. The summed E-state index contributed by atoms with van der Waals surface area (Å²) >= 11 is 6.14. The molecule has 1 aromatic carbocycles. The number of piperidine rings is 1. The fraction of sp³-hybridized carbons (Fsp3) is 0.588. The highest BCUT2D eigenvalue weighted by atomic mass is 35.5. The van der Waals surface area contributed by atoms with Crippen molar-refractivity contribution in [1.29, 1.82) is 0 Å². The number of halogens is 1. The third kappa shape index (κ3) is 4.89. The van der Waals surface area contributed by atoms with Crippen LogP contribution in [0.25, 0.3) is 0 Å². The molecule has 0 bridgehead atoms. The summed E-state index contributed by atoms with van der Waals surface area (Å²) in [5.41, 5.74) is 0. The molecular formula is C17H25ClN2O2. The first-order valence-electron chi connectivity index (χ1n) is 8.00. The minimum atomic E-state index is 0.103. The van der Waals surface area contributed by atoms with Gasteiger partial charge in [0.25, 0.3) is 0 Å². The minimum Gasteiger partial charge on any atom is -0.488 e. The molecule has 5 heteroatoms. The van der Waals surface area contributed by atoms with Crippen LogP contribution in [-0.4, -0.2) is 42.6 Å². The molecule has 1 N–H and O–H groups in total. The maximum atomic E-state index is 11.3. The standard InChI is InChI=1S/C17H25ClN2O2/c1-3-15(22-17-7-5-4-6-16(17)18)12-19-14-8-10-20(11-9-14)13(2)21/h4-7,14-15,19H,3,8-12H2,1-2H3/t15-/m0/s1. The summed E-state index contributed by atoms with van der Waals surface area (Å²) in [5.74, 6) is 0.913. The first kappa shape index (κ1) is 17.1. The van der Waals surface area contributed by atoms with Crippen molar-refractivity contribution in [2.24, 2.45) is 0 Å². The second kappa shape index (κ2) is 8.39. The maximum Gasteiger partial charge on any atom is 0.219 e. The lowest BCUT2D eigenvalue weighted by Crippen LogP contribution is -2.46. The molecule has 4 nitrogen and oxygen atoms in total. The molecular weight excluding hydrogens is 300 g/mol. The van der Waals surface area contributed by atoms with Gasteiger partial charge in [0.05, 0.1) is 5.02 Å². The summed E-state index contributed by atoms with van der Waals surface area (Å²) in [6, 6.07) is 8.03. The molecule has 2 rings (SSSR count). The molecule has 0 spiro atoms. The molecule has 0 radical (unpaired) electrons. The summed E-state index contributed by atoms with van der Waals surface area (Å²) in [6.07, 6.45) is 3.03. The van der Waals surface area contributed by atoms with E-state index in [4.69, 9.17) is 16.3 Å². The first-order valence-corrected chi connectivity index (χ1v) is 8.38. The molecule has 0 saturated carbocycles. The van der Waals surface area contributed by atoms with E-state index < -0.39 is 0 Å². The number of likely N-dealkylation sites (tertiary alicyclic amines) is 1. The lowest BCUT2D eigenvalue weighted by Gasteiger charge is -2.32. The minimum absolute atomic E-state index is 0.103. The second-order valence-electron chi connectivity index (χ2n) is 5.77. The fourth-order valence-corrected chi connectivity index (χ4v) is 2.87. The average Bonchev–Trinajstić information content (AvgIpc) is 2.53. The van der Waals surface area contributed by atoms with Gasteiger partial charge in [-0.15, -0.1) is 0 Å². The summed E-state index contributed by atoms with van der Waals surface area (Å²) < 4.78 is 5.99. The molecule has 1 fully saturated rings. The molecule has 0 unspecified atom stereocenters. The zero-order chi connectivity index (χ0) is 15.9. The predicted octanol–water partition coefficient (Wildman–Crippen LogP) is 3.10. The van der Waals surface area contributed by atoms with Gasteiger partial charge in [0.2, 0.25) is 5.91 Å². The third-order valence-electron chi connectivity index (χ3n) is 4.16. The zero-order valence-corrected chi connectivity index (χ0v) is 14.1. The van der Waals surface area contributed by atoms with E-state index in [9.17, 15) is 4.79 Å². The van der Waals surface area contributed by atoms with Gasteiger partial charge in [0.1, 0.15) is 11.9 Å². The van der Waals surface area contributed by atoms with Crippen LogP contribution in [0.2, 0.25) is 5.02 Å². The fourth-order valence-electron chi connectivity index (χ4n) is 2.69. The van der Waals surface area contributed by atoms with Gasteiger partial charge in [-0.1, -0.05) is 30.7 Å². The Bertz CT molecular complexity index is 487. The number of nitrogens with one attached hydrogen (secondary N) is 1. The number of nitrogens with zero attached hydrogens (tertiary/aromatic N) is 1. The summed E-state index contributed by atoms with van der Waals surface area (Å²) in [7, 11) is 0. The van der Waals surface area contributed by atoms with Crippen LogP contribution < -0.4 is 10.1 Å². The molecule has 1 heterocycles. The van der Waals surface area contributed by atoms with Crippen molar-refractivity contribution in [2.45, 2.75) is 45.3 Å². The number of para-hydroxylation sites is 1. The Hall–Kier alpha value is -1.26. The topological polar surface area (TPSA) is 41.6 Å². The van der Waals surface area contributed by atoms with E-state index in [1.807, 2.05) is 29.2 Å². The van der Waals surface area contributed by atoms with Gasteiger partial charge in [0, 0.05) is 32.6 Å². The number of carbonyl (C=O) groups is 1. The first-order chi connectivity index (χ1) is 10.6. The zero-order valence-electron chi connectivity index (χ0n) is 13.3. The highest BCUT2D eigenvalue weighted by Gasteiger charge is 2.21. The van der Waals surface area contributed by atoms with Gasteiger partial charge in [-0.25, -0.2) is 0 Å².